The van der Waals surface area contributed by atoms with Gasteiger partial charge in [0, 0.05) is 22.5 Å². The van der Waals surface area contributed by atoms with E-state index in [4.69, 9.17) is 34.8 Å². The lowest BCUT2D eigenvalue weighted by atomic mass is 10.1. The van der Waals surface area contributed by atoms with Gasteiger partial charge in [0.1, 0.15) is 0 Å². The number of hydrogen-bond acceptors (Lipinski definition) is 1. The van der Waals surface area contributed by atoms with Gasteiger partial charge in [-0.1, -0.05) is 40.9 Å². The van der Waals surface area contributed by atoms with Crippen LogP contribution < -0.4 is 5.32 Å². The van der Waals surface area contributed by atoms with Gasteiger partial charge in [-0.15, -0.1) is 0 Å². The highest BCUT2D eigenvalue weighted by Crippen LogP contribution is 2.48. The van der Waals surface area contributed by atoms with Crippen LogP contribution in [0, 0.1) is 0 Å². The highest BCUT2D eigenvalue weighted by atomic mass is 35.5. The molecule has 102 valence electrons. The summed E-state index contributed by atoms with van der Waals surface area (Å²) in [7, 11) is 0. The zero-order chi connectivity index (χ0) is 14.4. The van der Waals surface area contributed by atoms with Crippen LogP contribution in [0.25, 0.3) is 11.1 Å². The Morgan fingerprint density at radius 2 is 1.75 bits per heavy atom. The molecule has 0 saturated carbocycles. The van der Waals surface area contributed by atoms with Crippen LogP contribution in [0.1, 0.15) is 24.1 Å². The van der Waals surface area contributed by atoms with Crippen LogP contribution in [-0.2, 0) is 4.79 Å². The Labute approximate surface area is 131 Å². The van der Waals surface area contributed by atoms with Gasteiger partial charge in [-0.3, -0.25) is 4.79 Å². The maximum Gasteiger partial charge on any atom is 0.217 e. The predicted molar refractivity (Wildman–Crippen MR) is 82.6 cm³/mol. The summed E-state index contributed by atoms with van der Waals surface area (Å²) in [4.78, 5) is 11.5. The van der Waals surface area contributed by atoms with Gasteiger partial charge in [0.25, 0.3) is 0 Å². The Morgan fingerprint density at radius 3 is 2.45 bits per heavy atom. The van der Waals surface area contributed by atoms with Gasteiger partial charge in [-0.2, -0.15) is 0 Å². The quantitative estimate of drug-likeness (QED) is 0.797. The first kappa shape index (κ1) is 13.7. The molecular formula is C15H10Cl3NO. The molecule has 3 rings (SSSR count). The van der Waals surface area contributed by atoms with Crippen molar-refractivity contribution in [1.82, 2.24) is 5.32 Å². The molecule has 0 heterocycles. The molecule has 2 aromatic rings. The van der Waals surface area contributed by atoms with Crippen molar-refractivity contribution in [3.63, 3.8) is 0 Å². The van der Waals surface area contributed by atoms with Gasteiger partial charge in [0.05, 0.1) is 11.1 Å². The second-order valence-electron chi connectivity index (χ2n) is 4.72. The third kappa shape index (κ3) is 2.18. The molecule has 2 aromatic carbocycles. The second-order valence-corrected chi connectivity index (χ2v) is 6.00. The maximum atomic E-state index is 11.5. The summed E-state index contributed by atoms with van der Waals surface area (Å²) in [6.45, 7) is 1.48. The van der Waals surface area contributed by atoms with Crippen LogP contribution in [0.4, 0.5) is 0 Å². The molecule has 0 unspecified atom stereocenters. The Kier molecular flexibility index (Phi) is 3.41. The van der Waals surface area contributed by atoms with Gasteiger partial charge in [0.2, 0.25) is 5.91 Å². The minimum Gasteiger partial charge on any atom is -0.345 e. The van der Waals surface area contributed by atoms with E-state index >= 15 is 0 Å². The zero-order valence-corrected chi connectivity index (χ0v) is 12.8. The highest BCUT2D eigenvalue weighted by molar-refractivity contribution is 6.37. The Hall–Kier alpha value is -1.22. The fraction of sp³-hybridized carbons (Fsp3) is 0.133. The summed E-state index contributed by atoms with van der Waals surface area (Å²) >= 11 is 18.5. The molecule has 1 aliphatic carbocycles. The van der Waals surface area contributed by atoms with Crippen molar-refractivity contribution in [2.24, 2.45) is 0 Å². The summed E-state index contributed by atoms with van der Waals surface area (Å²) in [5.74, 6) is -0.120. The number of carbonyl (C=O) groups excluding carboxylic acids is 1. The largest absolute Gasteiger partial charge is 0.345 e. The van der Waals surface area contributed by atoms with E-state index in [1.807, 2.05) is 24.3 Å². The number of carbonyl (C=O) groups is 1. The third-order valence-corrected chi connectivity index (χ3v) is 4.09. The summed E-state index contributed by atoms with van der Waals surface area (Å²) in [6, 6.07) is 8.84. The van der Waals surface area contributed by atoms with Crippen LogP contribution >= 0.6 is 34.8 Å². The van der Waals surface area contributed by atoms with E-state index in [1.54, 1.807) is 6.07 Å². The Balaban J connectivity index is 2.28. The minimum atomic E-state index is -0.271. The van der Waals surface area contributed by atoms with Gasteiger partial charge in [0.15, 0.2) is 0 Å². The van der Waals surface area contributed by atoms with Crippen molar-refractivity contribution in [1.29, 1.82) is 0 Å². The number of amides is 1. The number of fused-ring (bicyclic) bond motifs is 3. The number of benzene rings is 2. The number of nitrogens with one attached hydrogen (secondary N) is 1. The molecule has 20 heavy (non-hydrogen) atoms. The van der Waals surface area contributed by atoms with Gasteiger partial charge in [-0.25, -0.2) is 0 Å². The average molecular weight is 327 g/mol. The van der Waals surface area contributed by atoms with E-state index in [2.05, 4.69) is 5.32 Å². The summed E-state index contributed by atoms with van der Waals surface area (Å²) in [6.07, 6.45) is 0. The zero-order valence-electron chi connectivity index (χ0n) is 10.5. The van der Waals surface area contributed by atoms with Crippen LogP contribution in [0.5, 0.6) is 0 Å². The lowest BCUT2D eigenvalue weighted by molar-refractivity contribution is -0.119. The standard InChI is InChI=1S/C15H10Cl3NO/c1-7(20)19-15-11-4-8(16)2-3-10(11)14-12(15)5-9(17)6-13(14)18/h2-6,15H,1H3,(H,19,20)/t15-/m1/s1. The van der Waals surface area contributed by atoms with Gasteiger partial charge < -0.3 is 5.32 Å². The van der Waals surface area contributed by atoms with E-state index < -0.39 is 0 Å². The SMILES string of the molecule is CC(=O)N[C@@H]1c2cc(Cl)ccc2-c2c(Cl)cc(Cl)cc21. The van der Waals surface area contributed by atoms with Gasteiger partial charge >= 0.3 is 0 Å². The van der Waals surface area contributed by atoms with E-state index in [-0.39, 0.29) is 11.9 Å². The van der Waals surface area contributed by atoms with Crippen LogP contribution in [0.3, 0.4) is 0 Å². The first-order chi connectivity index (χ1) is 9.47. The molecule has 5 heteroatoms. The Morgan fingerprint density at radius 1 is 1.05 bits per heavy atom. The number of hydrogen-bond donors (Lipinski definition) is 1. The third-order valence-electron chi connectivity index (χ3n) is 3.34. The molecule has 0 bridgehead atoms. The average Bonchev–Trinajstić information content (AvgIpc) is 2.63. The summed E-state index contributed by atoms with van der Waals surface area (Å²) in [5, 5.41) is 4.66. The van der Waals surface area contributed by atoms with Crippen molar-refractivity contribution < 1.29 is 4.79 Å². The molecule has 1 aliphatic rings. The molecule has 1 amide bonds. The molecule has 2 nitrogen and oxygen atoms in total. The molecule has 1 N–H and O–H groups in total. The van der Waals surface area contributed by atoms with Crippen LogP contribution in [-0.4, -0.2) is 5.91 Å². The maximum absolute atomic E-state index is 11.5. The van der Waals surface area contributed by atoms with E-state index in [1.165, 1.54) is 6.92 Å². The highest BCUT2D eigenvalue weighted by Gasteiger charge is 2.31. The summed E-state index contributed by atoms with van der Waals surface area (Å²) in [5.41, 5.74) is 3.72. The second kappa shape index (κ2) is 4.96. The lowest BCUT2D eigenvalue weighted by Gasteiger charge is -2.15. The lowest BCUT2D eigenvalue weighted by Crippen LogP contribution is -2.25. The monoisotopic (exact) mass is 325 g/mol. The van der Waals surface area contributed by atoms with Crippen molar-refractivity contribution in [2.75, 3.05) is 0 Å². The van der Waals surface area contributed by atoms with Crippen LogP contribution in [0.2, 0.25) is 15.1 Å². The molecule has 0 aromatic heterocycles. The molecule has 1 atom stereocenters. The van der Waals surface area contributed by atoms with Crippen molar-refractivity contribution in [2.45, 2.75) is 13.0 Å². The molecule has 0 radical (unpaired) electrons. The molecule has 0 spiro atoms. The number of rotatable bonds is 1. The van der Waals surface area contributed by atoms with E-state index in [0.29, 0.717) is 15.1 Å². The Bertz CT molecular complexity index is 727. The summed E-state index contributed by atoms with van der Waals surface area (Å²) < 4.78 is 0. The normalized spacial score (nSPS) is 15.7. The first-order valence-corrected chi connectivity index (χ1v) is 7.16. The molecule has 0 fully saturated rings. The molecule has 0 saturated heterocycles. The van der Waals surface area contributed by atoms with Gasteiger partial charge in [-0.05, 0) is 41.0 Å². The van der Waals surface area contributed by atoms with E-state index in [9.17, 15) is 4.79 Å². The van der Waals surface area contributed by atoms with Crippen LogP contribution in [0.15, 0.2) is 30.3 Å². The fourth-order valence-corrected chi connectivity index (χ4v) is 3.42. The fourth-order valence-electron chi connectivity index (χ4n) is 2.63. The molecular weight excluding hydrogens is 317 g/mol. The minimum absolute atomic E-state index is 0.120. The first-order valence-electron chi connectivity index (χ1n) is 6.03. The topological polar surface area (TPSA) is 29.1 Å². The number of halogens is 3. The van der Waals surface area contributed by atoms with Crippen molar-refractivity contribution in [3.05, 3.63) is 56.5 Å². The predicted octanol–water partition coefficient (Wildman–Crippen LogP) is 4.85. The van der Waals surface area contributed by atoms with Crippen molar-refractivity contribution in [3.8, 4) is 11.1 Å². The van der Waals surface area contributed by atoms with E-state index in [0.717, 1.165) is 22.3 Å². The van der Waals surface area contributed by atoms with Crippen molar-refractivity contribution >= 4 is 40.7 Å². The smallest absolute Gasteiger partial charge is 0.217 e. The molecule has 0 aliphatic heterocycles.